The van der Waals surface area contributed by atoms with Crippen LogP contribution < -0.4 is 15.1 Å². The number of aliphatic carboxylic acids is 1. The number of hydrogen-bond acceptors (Lipinski definition) is 7. The van der Waals surface area contributed by atoms with Crippen molar-refractivity contribution in [2.75, 3.05) is 19.8 Å². The number of quaternary nitrogens is 1. The van der Waals surface area contributed by atoms with Crippen LogP contribution in [0.5, 0.6) is 0 Å². The molecule has 1 unspecified atom stereocenters. The molecule has 212 valence electrons. The van der Waals surface area contributed by atoms with Crippen molar-refractivity contribution in [3.8, 4) is 0 Å². The van der Waals surface area contributed by atoms with E-state index >= 15 is 0 Å². The van der Waals surface area contributed by atoms with E-state index in [1.807, 2.05) is 0 Å². The van der Waals surface area contributed by atoms with E-state index in [2.05, 4.69) is 10.0 Å². The van der Waals surface area contributed by atoms with Gasteiger partial charge >= 0.3 is 7.60 Å². The largest absolute Gasteiger partial charge is 0.549 e. The number of hydrogen-bond donors (Lipinski definition) is 2. The zero-order chi connectivity index (χ0) is 27.3. The van der Waals surface area contributed by atoms with Crippen LogP contribution in [0.15, 0.2) is 29.2 Å². The van der Waals surface area contributed by atoms with Gasteiger partial charge in [0.1, 0.15) is 5.66 Å². The average molecular weight is 561 g/mol. The van der Waals surface area contributed by atoms with E-state index in [1.54, 1.807) is 19.1 Å². The molecule has 11 heteroatoms. The molecule has 3 N–H and O–H groups in total. The second-order valence-corrected chi connectivity index (χ2v) is 13.9. The third-order valence-corrected chi connectivity index (χ3v) is 10.7. The molecule has 0 spiro atoms. The van der Waals surface area contributed by atoms with E-state index in [1.165, 1.54) is 90.2 Å². The number of nitrogens with one attached hydrogen (secondary N) is 1. The Balaban J connectivity index is 0.000000308. The van der Waals surface area contributed by atoms with Crippen molar-refractivity contribution in [2.45, 2.75) is 108 Å². The molecular weight excluding hydrogens is 515 g/mol. The summed E-state index contributed by atoms with van der Waals surface area (Å²) < 4.78 is 49.0. The highest BCUT2D eigenvalue weighted by Gasteiger charge is 2.37. The first-order chi connectivity index (χ1) is 17.6. The van der Waals surface area contributed by atoms with Crippen molar-refractivity contribution >= 4 is 23.6 Å². The van der Waals surface area contributed by atoms with Gasteiger partial charge in [-0.05, 0) is 84.3 Å². The molecule has 37 heavy (non-hydrogen) atoms. The summed E-state index contributed by atoms with van der Waals surface area (Å²) in [6.07, 6.45) is 15.0. The first-order valence-electron chi connectivity index (χ1n) is 13.6. The summed E-state index contributed by atoms with van der Waals surface area (Å²) in [7, 11) is -8.03. The molecule has 9 nitrogen and oxygen atoms in total. The summed E-state index contributed by atoms with van der Waals surface area (Å²) in [6.45, 7) is 4.08. The predicted molar refractivity (Wildman–Crippen MR) is 142 cm³/mol. The molecule has 1 aromatic rings. The molecule has 0 saturated heterocycles. The number of nitrogens with two attached hydrogens (primary N) is 1. The predicted octanol–water partition coefficient (Wildman–Crippen LogP) is 2.87. The number of carboxylic acid groups (broad SMARTS) is 1. The molecule has 0 heterocycles. The molecule has 2 fully saturated rings. The second-order valence-electron chi connectivity index (χ2n) is 9.86. The Morgan fingerprint density at radius 3 is 1.84 bits per heavy atom. The monoisotopic (exact) mass is 560 g/mol. The number of benzene rings is 1. The van der Waals surface area contributed by atoms with Crippen molar-refractivity contribution in [3.63, 3.8) is 0 Å². The minimum atomic E-state index is -4.06. The number of rotatable bonds is 12. The summed E-state index contributed by atoms with van der Waals surface area (Å²) in [5.41, 5.74) is -0.878. The maximum absolute atomic E-state index is 12.6. The SMILES string of the molecule is C1CCC([NH2+]C2CCCCC2)CC1.CCOP(=O)(OCC)C(CNS(=O)(=O)c1ccc(C)cc1)C(=O)[O-]. The number of carboxylic acids is 1. The number of carbonyl (C=O) groups is 1. The molecule has 0 aromatic heterocycles. The van der Waals surface area contributed by atoms with Crippen LogP contribution in [0.25, 0.3) is 0 Å². The highest BCUT2D eigenvalue weighted by atomic mass is 32.2. The Kier molecular flexibility index (Phi) is 13.8. The second kappa shape index (κ2) is 16.0. The smallest absolute Gasteiger partial charge is 0.340 e. The lowest BCUT2D eigenvalue weighted by molar-refractivity contribution is -0.725. The fraction of sp³-hybridized carbons (Fsp3) is 0.731. The molecule has 0 radical (unpaired) electrons. The van der Waals surface area contributed by atoms with Crippen LogP contribution in [0, 0.1) is 6.92 Å². The van der Waals surface area contributed by atoms with E-state index in [0.717, 1.165) is 17.6 Å². The van der Waals surface area contributed by atoms with Gasteiger partial charge in [0.15, 0.2) is 0 Å². The molecule has 1 atom stereocenters. The third-order valence-electron chi connectivity index (χ3n) is 6.91. The van der Waals surface area contributed by atoms with Crippen molar-refractivity contribution < 1.29 is 37.2 Å². The van der Waals surface area contributed by atoms with Gasteiger partial charge in [0.2, 0.25) is 10.0 Å². The summed E-state index contributed by atoms with van der Waals surface area (Å²) >= 11 is 0. The molecule has 2 aliphatic rings. The van der Waals surface area contributed by atoms with Crippen LogP contribution in [0.2, 0.25) is 0 Å². The van der Waals surface area contributed by atoms with Crippen LogP contribution >= 0.6 is 7.60 Å². The van der Waals surface area contributed by atoms with E-state index in [9.17, 15) is 22.9 Å². The normalized spacial score (nSPS) is 18.6. The lowest BCUT2D eigenvalue weighted by atomic mass is 9.91. The van der Waals surface area contributed by atoms with E-state index < -0.39 is 35.8 Å². The van der Waals surface area contributed by atoms with Crippen molar-refractivity contribution in [1.82, 2.24) is 4.72 Å². The van der Waals surface area contributed by atoms with Crippen LogP contribution in [-0.2, 0) is 28.4 Å². The minimum absolute atomic E-state index is 0.0344. The van der Waals surface area contributed by atoms with Gasteiger partial charge in [0, 0.05) is 6.54 Å². The summed E-state index contributed by atoms with van der Waals surface area (Å²) in [4.78, 5) is 11.3. The lowest BCUT2D eigenvalue weighted by Crippen LogP contribution is -2.95. The Labute approximate surface area is 222 Å². The van der Waals surface area contributed by atoms with Gasteiger partial charge in [0.25, 0.3) is 0 Å². The van der Waals surface area contributed by atoms with Crippen molar-refractivity contribution in [1.29, 1.82) is 0 Å². The average Bonchev–Trinajstić information content (AvgIpc) is 2.86. The Hall–Kier alpha value is -1.29. The van der Waals surface area contributed by atoms with Gasteiger partial charge in [-0.1, -0.05) is 30.5 Å². The summed E-state index contributed by atoms with van der Waals surface area (Å²) in [5.74, 6) is -1.72. The quantitative estimate of drug-likeness (QED) is 0.375. The van der Waals surface area contributed by atoms with Crippen LogP contribution in [0.4, 0.5) is 0 Å². The summed E-state index contributed by atoms with van der Waals surface area (Å²) in [6, 6.07) is 7.98. The van der Waals surface area contributed by atoms with E-state index in [0.29, 0.717) is 0 Å². The molecular formula is C26H45N2O7PS. The number of sulfonamides is 1. The number of aryl methyl sites for hydroxylation is 1. The Morgan fingerprint density at radius 1 is 0.973 bits per heavy atom. The van der Waals surface area contributed by atoms with Crippen molar-refractivity contribution in [2.24, 2.45) is 0 Å². The maximum Gasteiger partial charge on any atom is 0.340 e. The van der Waals surface area contributed by atoms with Gasteiger partial charge in [-0.3, -0.25) is 4.57 Å². The van der Waals surface area contributed by atoms with E-state index in [-0.39, 0.29) is 18.1 Å². The third kappa shape index (κ3) is 10.8. The van der Waals surface area contributed by atoms with Crippen LogP contribution in [-0.4, -0.2) is 51.9 Å². The minimum Gasteiger partial charge on any atom is -0.549 e. The first kappa shape index (κ1) is 31.9. The molecule has 2 aliphatic carbocycles. The molecule has 2 saturated carbocycles. The Bertz CT molecular complexity index is 934. The first-order valence-corrected chi connectivity index (χ1v) is 16.7. The zero-order valence-corrected chi connectivity index (χ0v) is 24.2. The fourth-order valence-corrected chi connectivity index (χ4v) is 7.83. The van der Waals surface area contributed by atoms with Gasteiger partial charge in [-0.2, -0.15) is 0 Å². The topological polar surface area (TPSA) is 138 Å². The lowest BCUT2D eigenvalue weighted by Gasteiger charge is -2.27. The van der Waals surface area contributed by atoms with Crippen LogP contribution in [0.3, 0.4) is 0 Å². The molecule has 0 amide bonds. The zero-order valence-electron chi connectivity index (χ0n) is 22.5. The van der Waals surface area contributed by atoms with Gasteiger partial charge in [-0.25, -0.2) is 13.1 Å². The maximum atomic E-state index is 12.6. The van der Waals surface area contributed by atoms with Gasteiger partial charge < -0.3 is 24.3 Å². The summed E-state index contributed by atoms with van der Waals surface area (Å²) in [5, 5.41) is 14.0. The van der Waals surface area contributed by atoms with E-state index in [4.69, 9.17) is 9.05 Å². The molecule has 1 aromatic carbocycles. The van der Waals surface area contributed by atoms with Crippen LogP contribution in [0.1, 0.15) is 83.6 Å². The molecule has 3 rings (SSSR count). The fourth-order valence-electron chi connectivity index (χ4n) is 4.93. The van der Waals surface area contributed by atoms with Gasteiger partial charge in [0.05, 0.1) is 36.2 Å². The molecule has 0 bridgehead atoms. The standard InChI is InChI=1S/C14H22NO7PS.C12H23N/c1-4-21-23(18,22-5-2)13(14(16)17)10-15-24(19,20)12-8-6-11(3)7-9-12;1-3-7-11(8-4-1)13-12-9-5-2-6-10-12/h6-9,13,15H,4-5,10H2,1-3H3,(H,16,17);11-13H,1-10H2. The highest BCUT2D eigenvalue weighted by molar-refractivity contribution is 7.89. The Morgan fingerprint density at radius 2 is 1.43 bits per heavy atom. The number of carbonyl (C=O) groups excluding carboxylic acids is 1. The molecule has 0 aliphatic heterocycles. The van der Waals surface area contributed by atoms with Crippen molar-refractivity contribution in [3.05, 3.63) is 29.8 Å². The van der Waals surface area contributed by atoms with Gasteiger partial charge in [-0.15, -0.1) is 0 Å². The highest BCUT2D eigenvalue weighted by Crippen LogP contribution is 2.52.